The van der Waals surface area contributed by atoms with E-state index in [0.29, 0.717) is 0 Å². The normalized spacial score (nSPS) is 19.1. The molecule has 126 valence electrons. The van der Waals surface area contributed by atoms with Gasteiger partial charge >= 0.3 is 0 Å². The number of piperazine rings is 1. The third-order valence-corrected chi connectivity index (χ3v) is 4.46. The van der Waals surface area contributed by atoms with Gasteiger partial charge in [0.05, 0.1) is 0 Å². The fourth-order valence-corrected chi connectivity index (χ4v) is 3.09. The maximum Gasteiger partial charge on any atom is 0.266 e. The van der Waals surface area contributed by atoms with Crippen LogP contribution < -0.4 is 4.90 Å². The average Bonchev–Trinajstić information content (AvgIpc) is 2.67. The van der Waals surface area contributed by atoms with Crippen molar-refractivity contribution in [2.75, 3.05) is 44.2 Å². The number of amides is 1. The predicted molar refractivity (Wildman–Crippen MR) is 89.9 cm³/mol. The highest BCUT2D eigenvalue weighted by Gasteiger charge is 2.22. The van der Waals surface area contributed by atoms with Gasteiger partial charge in [0.1, 0.15) is 11.6 Å². The summed E-state index contributed by atoms with van der Waals surface area (Å²) in [5, 5.41) is 9.36. The van der Waals surface area contributed by atoms with Gasteiger partial charge in [0, 0.05) is 57.9 Å². The van der Waals surface area contributed by atoms with E-state index in [1.165, 1.54) is 6.42 Å². The van der Waals surface area contributed by atoms with E-state index in [4.69, 9.17) is 0 Å². The molecule has 1 aromatic rings. The maximum absolute atomic E-state index is 12.5. The molecule has 0 unspecified atom stereocenters. The molecule has 2 aliphatic heterocycles. The molecule has 0 N–H and O–H groups in total. The van der Waals surface area contributed by atoms with Gasteiger partial charge in [0.15, 0.2) is 0 Å². The minimum absolute atomic E-state index is 0.133. The largest absolute Gasteiger partial charge is 0.373 e. The number of piperidine rings is 1. The maximum atomic E-state index is 12.5. The first-order valence-electron chi connectivity index (χ1n) is 8.45. The van der Waals surface area contributed by atoms with Gasteiger partial charge in [0.2, 0.25) is 5.95 Å². The number of hydrogen-bond donors (Lipinski definition) is 0. The summed E-state index contributed by atoms with van der Waals surface area (Å²) in [6.45, 7) is 4.57. The Labute approximate surface area is 142 Å². The summed E-state index contributed by atoms with van der Waals surface area (Å²) in [7, 11) is 0. The zero-order valence-electron chi connectivity index (χ0n) is 13.8. The topological polar surface area (TPSA) is 76.4 Å². The van der Waals surface area contributed by atoms with Crippen molar-refractivity contribution < 1.29 is 4.79 Å². The standard InChI is InChI=1S/C17H22N6O/c18-13-15(16(24)22-7-2-1-3-8-22)14-21-9-11-23(12-10-21)17-19-5-4-6-20-17/h4-6,14H,1-3,7-12H2/b15-14-. The van der Waals surface area contributed by atoms with Gasteiger partial charge in [-0.3, -0.25) is 4.79 Å². The lowest BCUT2D eigenvalue weighted by Crippen LogP contribution is -2.45. The SMILES string of the molecule is N#C/C(=C/N1CCN(c2ncccn2)CC1)C(=O)N1CCCCC1. The van der Waals surface area contributed by atoms with Crippen LogP contribution in [0.2, 0.25) is 0 Å². The van der Waals surface area contributed by atoms with E-state index in [1.54, 1.807) is 29.6 Å². The van der Waals surface area contributed by atoms with Crippen LogP contribution in [0.3, 0.4) is 0 Å². The minimum Gasteiger partial charge on any atom is -0.373 e. The van der Waals surface area contributed by atoms with Gasteiger partial charge in [-0.1, -0.05) is 0 Å². The molecule has 7 heteroatoms. The van der Waals surface area contributed by atoms with Gasteiger partial charge in [-0.05, 0) is 25.3 Å². The summed E-state index contributed by atoms with van der Waals surface area (Å²) in [6, 6.07) is 3.88. The number of nitriles is 1. The lowest BCUT2D eigenvalue weighted by Gasteiger charge is -2.34. The third-order valence-electron chi connectivity index (χ3n) is 4.46. The summed E-state index contributed by atoms with van der Waals surface area (Å²) in [5.74, 6) is 0.594. The second-order valence-corrected chi connectivity index (χ2v) is 6.08. The van der Waals surface area contributed by atoms with Gasteiger partial charge in [-0.2, -0.15) is 5.26 Å². The Morgan fingerprint density at radius 2 is 1.71 bits per heavy atom. The van der Waals surface area contributed by atoms with E-state index in [0.717, 1.165) is 58.1 Å². The van der Waals surface area contributed by atoms with Crippen molar-refractivity contribution in [1.82, 2.24) is 19.8 Å². The van der Waals surface area contributed by atoms with E-state index in [1.807, 2.05) is 4.90 Å². The van der Waals surface area contributed by atoms with Crippen molar-refractivity contribution in [3.05, 3.63) is 30.2 Å². The lowest BCUT2D eigenvalue weighted by atomic mass is 10.1. The molecule has 0 aliphatic carbocycles. The molecule has 0 spiro atoms. The van der Waals surface area contributed by atoms with Gasteiger partial charge in [-0.15, -0.1) is 0 Å². The summed E-state index contributed by atoms with van der Waals surface area (Å²) < 4.78 is 0. The van der Waals surface area contributed by atoms with Gasteiger partial charge < -0.3 is 14.7 Å². The zero-order valence-corrected chi connectivity index (χ0v) is 13.8. The van der Waals surface area contributed by atoms with Crippen molar-refractivity contribution in [2.24, 2.45) is 0 Å². The Balaban J connectivity index is 1.59. The van der Waals surface area contributed by atoms with Crippen molar-refractivity contribution >= 4 is 11.9 Å². The Hall–Kier alpha value is -2.62. The van der Waals surface area contributed by atoms with Gasteiger partial charge in [0.25, 0.3) is 5.91 Å². The molecule has 2 fully saturated rings. The summed E-state index contributed by atoms with van der Waals surface area (Å²) >= 11 is 0. The molecule has 2 saturated heterocycles. The number of hydrogen-bond acceptors (Lipinski definition) is 6. The molecule has 0 atom stereocenters. The molecule has 3 rings (SSSR count). The minimum atomic E-state index is -0.133. The van der Waals surface area contributed by atoms with Crippen LogP contribution in [0.5, 0.6) is 0 Å². The Morgan fingerprint density at radius 3 is 2.33 bits per heavy atom. The first kappa shape index (κ1) is 16.2. The molecule has 0 aromatic carbocycles. The van der Waals surface area contributed by atoms with Crippen LogP contribution in [0.15, 0.2) is 30.2 Å². The molecule has 0 bridgehead atoms. The van der Waals surface area contributed by atoms with Crippen LogP contribution in [0.1, 0.15) is 19.3 Å². The van der Waals surface area contributed by atoms with Crippen molar-refractivity contribution in [3.8, 4) is 6.07 Å². The molecular formula is C17H22N6O. The Kier molecular flexibility index (Phi) is 5.26. The van der Waals surface area contributed by atoms with Crippen LogP contribution in [0.4, 0.5) is 5.95 Å². The highest BCUT2D eigenvalue weighted by Crippen LogP contribution is 2.14. The number of aromatic nitrogens is 2. The number of likely N-dealkylation sites (tertiary alicyclic amines) is 1. The summed E-state index contributed by atoms with van der Waals surface area (Å²) in [6.07, 6.45) is 8.42. The lowest BCUT2D eigenvalue weighted by molar-refractivity contribution is -0.127. The second kappa shape index (κ2) is 7.77. The molecule has 7 nitrogen and oxygen atoms in total. The number of carbonyl (C=O) groups excluding carboxylic acids is 1. The first-order valence-corrected chi connectivity index (χ1v) is 8.45. The van der Waals surface area contributed by atoms with E-state index >= 15 is 0 Å². The molecule has 0 saturated carbocycles. The Bertz CT molecular complexity index is 624. The number of anilines is 1. The fourth-order valence-electron chi connectivity index (χ4n) is 3.09. The number of nitrogens with zero attached hydrogens (tertiary/aromatic N) is 6. The second-order valence-electron chi connectivity index (χ2n) is 6.08. The number of carbonyl (C=O) groups is 1. The molecule has 0 radical (unpaired) electrons. The molecule has 3 heterocycles. The highest BCUT2D eigenvalue weighted by molar-refractivity contribution is 5.97. The first-order chi connectivity index (χ1) is 11.8. The molecular weight excluding hydrogens is 304 g/mol. The van der Waals surface area contributed by atoms with Crippen molar-refractivity contribution in [1.29, 1.82) is 5.26 Å². The average molecular weight is 326 g/mol. The monoisotopic (exact) mass is 326 g/mol. The highest BCUT2D eigenvalue weighted by atomic mass is 16.2. The van der Waals surface area contributed by atoms with Crippen LogP contribution in [0, 0.1) is 11.3 Å². The van der Waals surface area contributed by atoms with Gasteiger partial charge in [-0.25, -0.2) is 9.97 Å². The van der Waals surface area contributed by atoms with Crippen molar-refractivity contribution in [2.45, 2.75) is 19.3 Å². The molecule has 1 aromatic heterocycles. The quantitative estimate of drug-likeness (QED) is 0.610. The van der Waals surface area contributed by atoms with Crippen molar-refractivity contribution in [3.63, 3.8) is 0 Å². The molecule has 24 heavy (non-hydrogen) atoms. The van der Waals surface area contributed by atoms with Crippen LogP contribution in [-0.2, 0) is 4.79 Å². The number of rotatable bonds is 3. The van der Waals surface area contributed by atoms with E-state index in [-0.39, 0.29) is 11.5 Å². The fraction of sp³-hybridized carbons (Fsp3) is 0.529. The van der Waals surface area contributed by atoms with Crippen LogP contribution in [0.25, 0.3) is 0 Å². The third kappa shape index (κ3) is 3.82. The van der Waals surface area contributed by atoms with Crippen LogP contribution >= 0.6 is 0 Å². The predicted octanol–water partition coefficient (Wildman–Crippen LogP) is 1.02. The Morgan fingerprint density at radius 1 is 1.04 bits per heavy atom. The smallest absolute Gasteiger partial charge is 0.266 e. The molecule has 1 amide bonds. The molecule has 2 aliphatic rings. The summed E-state index contributed by atoms with van der Waals surface area (Å²) in [5.41, 5.74) is 0.237. The van der Waals surface area contributed by atoms with E-state index in [9.17, 15) is 10.1 Å². The summed E-state index contributed by atoms with van der Waals surface area (Å²) in [4.78, 5) is 26.9. The zero-order chi connectivity index (χ0) is 16.8. The van der Waals surface area contributed by atoms with E-state index in [2.05, 4.69) is 20.9 Å². The van der Waals surface area contributed by atoms with E-state index < -0.39 is 0 Å². The van der Waals surface area contributed by atoms with Crippen LogP contribution in [-0.4, -0.2) is 64.9 Å².